The Morgan fingerprint density at radius 2 is 1.72 bits per heavy atom. The highest BCUT2D eigenvalue weighted by Crippen LogP contribution is 2.33. The number of thioether (sulfide) groups is 1. The van der Waals surface area contributed by atoms with Crippen molar-refractivity contribution in [2.24, 2.45) is 5.73 Å². The van der Waals surface area contributed by atoms with Gasteiger partial charge in [-0.1, -0.05) is 78.5 Å². The summed E-state index contributed by atoms with van der Waals surface area (Å²) in [7, 11) is 1.59. The van der Waals surface area contributed by atoms with Crippen molar-refractivity contribution in [1.82, 2.24) is 20.9 Å². The molecule has 0 radical (unpaired) electrons. The lowest BCUT2D eigenvalue weighted by Gasteiger charge is -2.26. The zero-order chi connectivity index (χ0) is 28.0. The summed E-state index contributed by atoms with van der Waals surface area (Å²) in [4.78, 5) is 40.7. The van der Waals surface area contributed by atoms with Gasteiger partial charge in [-0.25, -0.2) is 4.79 Å². The lowest BCUT2D eigenvalue weighted by Crippen LogP contribution is -2.47. The van der Waals surface area contributed by atoms with Crippen molar-refractivity contribution in [1.29, 1.82) is 0 Å². The highest BCUT2D eigenvalue weighted by Gasteiger charge is 2.32. The molecular formula is C30H35N5O3S. The maximum atomic E-state index is 13.6. The lowest BCUT2D eigenvalue weighted by molar-refractivity contribution is -0.135. The van der Waals surface area contributed by atoms with Crippen LogP contribution in [0.4, 0.5) is 4.79 Å². The second kappa shape index (κ2) is 12.4. The average Bonchev–Trinajstić information content (AvgIpc) is 3.03. The van der Waals surface area contributed by atoms with Crippen molar-refractivity contribution < 1.29 is 14.4 Å². The minimum atomic E-state index is -0.734. The first kappa shape index (κ1) is 28.2. The third kappa shape index (κ3) is 7.61. The Balaban J connectivity index is 1.53. The van der Waals surface area contributed by atoms with Crippen LogP contribution in [0.15, 0.2) is 77.7 Å². The predicted molar refractivity (Wildman–Crippen MR) is 155 cm³/mol. The van der Waals surface area contributed by atoms with E-state index < -0.39 is 10.9 Å². The monoisotopic (exact) mass is 545 g/mol. The van der Waals surface area contributed by atoms with Gasteiger partial charge in [0.1, 0.15) is 0 Å². The molecule has 0 aliphatic carbocycles. The summed E-state index contributed by atoms with van der Waals surface area (Å²) < 4.78 is 0. The minimum absolute atomic E-state index is 0.126. The molecule has 1 aliphatic rings. The molecule has 3 aromatic carbocycles. The topological polar surface area (TPSA) is 117 Å². The van der Waals surface area contributed by atoms with Gasteiger partial charge in [0.25, 0.3) is 5.91 Å². The quantitative estimate of drug-likeness (QED) is 0.342. The van der Waals surface area contributed by atoms with Gasteiger partial charge in [0.2, 0.25) is 5.91 Å². The van der Waals surface area contributed by atoms with Gasteiger partial charge in [-0.15, -0.1) is 0 Å². The van der Waals surface area contributed by atoms with Crippen LogP contribution in [0.1, 0.15) is 37.0 Å². The van der Waals surface area contributed by atoms with E-state index in [2.05, 4.69) is 16.0 Å². The van der Waals surface area contributed by atoms with Crippen LogP contribution < -0.4 is 21.7 Å². The SMILES string of the molecule is CNC(=O)NCc1ccccc1-c1ccc(CN2Cc3ccccc3S[C@@H](NC(=O)CC(C)(C)N)C2=O)cc1. The number of fused-ring (bicyclic) bond motifs is 1. The number of carbonyl (C=O) groups is 3. The van der Waals surface area contributed by atoms with Crippen LogP contribution in [0, 0.1) is 0 Å². The van der Waals surface area contributed by atoms with E-state index >= 15 is 0 Å². The molecule has 1 atom stereocenters. The Morgan fingerprint density at radius 1 is 1.03 bits per heavy atom. The highest BCUT2D eigenvalue weighted by atomic mass is 32.2. The largest absolute Gasteiger partial charge is 0.341 e. The van der Waals surface area contributed by atoms with Gasteiger partial charge in [0.15, 0.2) is 5.37 Å². The molecule has 1 aliphatic heterocycles. The van der Waals surface area contributed by atoms with Gasteiger partial charge in [-0.2, -0.15) is 0 Å². The summed E-state index contributed by atoms with van der Waals surface area (Å²) in [5, 5.41) is 7.57. The van der Waals surface area contributed by atoms with E-state index in [0.29, 0.717) is 19.6 Å². The molecule has 5 N–H and O–H groups in total. The van der Waals surface area contributed by atoms with Gasteiger partial charge >= 0.3 is 6.03 Å². The number of hydrogen-bond donors (Lipinski definition) is 4. The average molecular weight is 546 g/mol. The molecule has 0 aromatic heterocycles. The van der Waals surface area contributed by atoms with Crippen LogP contribution in [0.3, 0.4) is 0 Å². The van der Waals surface area contributed by atoms with E-state index in [4.69, 9.17) is 5.73 Å². The lowest BCUT2D eigenvalue weighted by atomic mass is 9.98. The van der Waals surface area contributed by atoms with Gasteiger partial charge in [-0.05, 0) is 47.7 Å². The standard InChI is InChI=1S/C30H35N5O3S/c1-30(2,31)16-26(36)34-27-28(37)35(19-23-9-5-7-11-25(23)39-27)18-20-12-14-21(15-13-20)24-10-6-4-8-22(24)17-33-29(38)32-3/h4-15,27H,16-19,31H2,1-3H3,(H,34,36)(H2,32,33,38)/t27-/m1/s1. The summed E-state index contributed by atoms with van der Waals surface area (Å²) in [6.45, 7) is 4.84. The molecule has 0 saturated carbocycles. The van der Waals surface area contributed by atoms with E-state index in [1.165, 1.54) is 11.8 Å². The zero-order valence-electron chi connectivity index (χ0n) is 22.5. The van der Waals surface area contributed by atoms with E-state index in [1.807, 2.05) is 72.8 Å². The van der Waals surface area contributed by atoms with Crippen molar-refractivity contribution in [3.05, 3.63) is 89.5 Å². The molecule has 9 heteroatoms. The number of nitrogens with one attached hydrogen (secondary N) is 3. The van der Waals surface area contributed by atoms with Gasteiger partial charge < -0.3 is 26.6 Å². The normalized spacial score (nSPS) is 15.2. The number of amides is 4. The Labute approximate surface area is 233 Å². The Morgan fingerprint density at radius 3 is 2.44 bits per heavy atom. The number of urea groups is 1. The second-order valence-corrected chi connectivity index (χ2v) is 11.5. The number of nitrogens with zero attached hydrogens (tertiary/aromatic N) is 1. The molecular weight excluding hydrogens is 510 g/mol. The molecule has 0 saturated heterocycles. The number of hydrogen-bond acceptors (Lipinski definition) is 5. The molecule has 204 valence electrons. The van der Waals surface area contributed by atoms with Gasteiger partial charge in [0.05, 0.1) is 0 Å². The summed E-state index contributed by atoms with van der Waals surface area (Å²) in [5.41, 5.74) is 10.4. The summed E-state index contributed by atoms with van der Waals surface area (Å²) >= 11 is 1.37. The van der Waals surface area contributed by atoms with E-state index in [1.54, 1.807) is 25.8 Å². The third-order valence-corrected chi connectivity index (χ3v) is 7.55. The Bertz CT molecular complexity index is 1340. The van der Waals surface area contributed by atoms with Crippen LogP contribution in [0.5, 0.6) is 0 Å². The number of carbonyl (C=O) groups excluding carboxylic acids is 3. The van der Waals surface area contributed by atoms with Crippen molar-refractivity contribution >= 4 is 29.6 Å². The van der Waals surface area contributed by atoms with E-state index in [-0.39, 0.29) is 24.3 Å². The first-order valence-electron chi connectivity index (χ1n) is 12.9. The fraction of sp³-hybridized carbons (Fsp3) is 0.300. The molecule has 4 rings (SSSR count). The molecule has 0 bridgehead atoms. The molecule has 0 unspecified atom stereocenters. The smallest absolute Gasteiger partial charge is 0.314 e. The van der Waals surface area contributed by atoms with Crippen molar-refractivity contribution in [2.45, 2.75) is 55.7 Å². The third-order valence-electron chi connectivity index (χ3n) is 6.35. The van der Waals surface area contributed by atoms with Crippen molar-refractivity contribution in [2.75, 3.05) is 7.05 Å². The molecule has 4 amide bonds. The Hall–Kier alpha value is -3.82. The van der Waals surface area contributed by atoms with Crippen LogP contribution in [-0.2, 0) is 29.2 Å². The van der Waals surface area contributed by atoms with Crippen molar-refractivity contribution in [3.8, 4) is 11.1 Å². The summed E-state index contributed by atoms with van der Waals surface area (Å²) in [6, 6.07) is 23.7. The van der Waals surface area contributed by atoms with Crippen molar-refractivity contribution in [3.63, 3.8) is 0 Å². The number of benzene rings is 3. The number of rotatable bonds is 8. The first-order valence-corrected chi connectivity index (χ1v) is 13.8. The second-order valence-electron chi connectivity index (χ2n) is 10.3. The number of nitrogens with two attached hydrogens (primary N) is 1. The Kier molecular flexibility index (Phi) is 8.93. The van der Waals surface area contributed by atoms with Gasteiger partial charge in [0, 0.05) is 43.5 Å². The predicted octanol–water partition coefficient (Wildman–Crippen LogP) is 3.99. The van der Waals surface area contributed by atoms with E-state index in [9.17, 15) is 14.4 Å². The molecule has 0 fully saturated rings. The van der Waals surface area contributed by atoms with E-state index in [0.717, 1.165) is 32.7 Å². The highest BCUT2D eigenvalue weighted by molar-refractivity contribution is 8.00. The zero-order valence-corrected chi connectivity index (χ0v) is 23.3. The van der Waals surface area contributed by atoms with Crippen LogP contribution >= 0.6 is 11.8 Å². The van der Waals surface area contributed by atoms with Crippen LogP contribution in [-0.4, -0.2) is 40.7 Å². The molecule has 3 aromatic rings. The fourth-order valence-electron chi connectivity index (χ4n) is 4.44. The molecule has 8 nitrogen and oxygen atoms in total. The molecule has 39 heavy (non-hydrogen) atoms. The summed E-state index contributed by atoms with van der Waals surface area (Å²) in [5.74, 6) is -0.393. The van der Waals surface area contributed by atoms with Gasteiger partial charge in [-0.3, -0.25) is 9.59 Å². The molecule has 0 spiro atoms. The fourth-order valence-corrected chi connectivity index (χ4v) is 5.58. The maximum Gasteiger partial charge on any atom is 0.314 e. The van der Waals surface area contributed by atoms with Crippen LogP contribution in [0.25, 0.3) is 11.1 Å². The van der Waals surface area contributed by atoms with Crippen LogP contribution in [0.2, 0.25) is 0 Å². The maximum absolute atomic E-state index is 13.6. The minimum Gasteiger partial charge on any atom is -0.341 e. The first-order chi connectivity index (χ1) is 18.6. The molecule has 1 heterocycles. The summed E-state index contributed by atoms with van der Waals surface area (Å²) in [6.07, 6.45) is 0.126.